The molecule has 8 nitrogen and oxygen atoms in total. The van der Waals surface area contributed by atoms with Crippen LogP contribution in [0.4, 0.5) is 0 Å². The second-order valence-electron chi connectivity index (χ2n) is 6.71. The number of hydrogen-bond donors (Lipinski definition) is 1. The average Bonchev–Trinajstić information content (AvgIpc) is 3.22. The maximum absolute atomic E-state index is 12.6. The zero-order valence-corrected chi connectivity index (χ0v) is 15.0. The standard InChI is InChI=1S/C18H25N3O5/c1-13(19-16(22)15-3-2-10-26-15)17(23)20-6-4-14(5-7-20)18(24)21-8-11-25-12-9-21/h2-3,10,13-14H,4-9,11-12H2,1H3,(H,19,22). The number of ether oxygens (including phenoxy) is 1. The molecule has 1 aromatic rings. The molecule has 2 aliphatic heterocycles. The summed E-state index contributed by atoms with van der Waals surface area (Å²) in [5, 5.41) is 2.65. The van der Waals surface area contributed by atoms with E-state index in [-0.39, 0.29) is 23.5 Å². The van der Waals surface area contributed by atoms with Gasteiger partial charge in [-0.2, -0.15) is 0 Å². The van der Waals surface area contributed by atoms with E-state index >= 15 is 0 Å². The third-order valence-corrected chi connectivity index (χ3v) is 4.94. The van der Waals surface area contributed by atoms with E-state index in [1.54, 1.807) is 24.0 Å². The van der Waals surface area contributed by atoms with Gasteiger partial charge in [-0.05, 0) is 31.9 Å². The lowest BCUT2D eigenvalue weighted by molar-refractivity contribution is -0.144. The van der Waals surface area contributed by atoms with Crippen LogP contribution in [-0.2, 0) is 14.3 Å². The van der Waals surface area contributed by atoms with Gasteiger partial charge >= 0.3 is 0 Å². The number of carbonyl (C=O) groups excluding carboxylic acids is 3. The Morgan fingerprint density at radius 2 is 1.81 bits per heavy atom. The van der Waals surface area contributed by atoms with E-state index in [0.717, 1.165) is 0 Å². The molecule has 2 fully saturated rings. The molecule has 0 radical (unpaired) electrons. The number of carbonyl (C=O) groups is 3. The third kappa shape index (κ3) is 4.24. The molecule has 0 bridgehead atoms. The van der Waals surface area contributed by atoms with Crippen molar-refractivity contribution in [3.63, 3.8) is 0 Å². The molecule has 1 atom stereocenters. The number of morpholine rings is 1. The summed E-state index contributed by atoms with van der Waals surface area (Å²) >= 11 is 0. The van der Waals surface area contributed by atoms with Crippen LogP contribution in [0.5, 0.6) is 0 Å². The highest BCUT2D eigenvalue weighted by Gasteiger charge is 2.32. The Kier molecular flexibility index (Phi) is 5.92. The van der Waals surface area contributed by atoms with E-state index in [9.17, 15) is 14.4 Å². The molecule has 2 saturated heterocycles. The van der Waals surface area contributed by atoms with E-state index in [4.69, 9.17) is 9.15 Å². The monoisotopic (exact) mass is 363 g/mol. The SMILES string of the molecule is CC(NC(=O)c1ccco1)C(=O)N1CCC(C(=O)N2CCOCC2)CC1. The van der Waals surface area contributed by atoms with Gasteiger partial charge in [0.05, 0.1) is 19.5 Å². The molecule has 0 aliphatic carbocycles. The van der Waals surface area contributed by atoms with Crippen LogP contribution < -0.4 is 5.32 Å². The molecule has 142 valence electrons. The zero-order valence-electron chi connectivity index (χ0n) is 15.0. The summed E-state index contributed by atoms with van der Waals surface area (Å²) in [7, 11) is 0. The van der Waals surface area contributed by atoms with Crippen molar-refractivity contribution < 1.29 is 23.5 Å². The van der Waals surface area contributed by atoms with Crippen LogP contribution in [0.15, 0.2) is 22.8 Å². The largest absolute Gasteiger partial charge is 0.459 e. The molecule has 2 aliphatic rings. The van der Waals surface area contributed by atoms with Crippen molar-refractivity contribution in [3.8, 4) is 0 Å². The maximum Gasteiger partial charge on any atom is 0.287 e. The van der Waals surface area contributed by atoms with Crippen LogP contribution >= 0.6 is 0 Å². The predicted octanol–water partition coefficient (Wildman–Crippen LogP) is 0.495. The number of piperidine rings is 1. The fraction of sp³-hybridized carbons (Fsp3) is 0.611. The molecule has 3 rings (SSSR count). The smallest absolute Gasteiger partial charge is 0.287 e. The Morgan fingerprint density at radius 3 is 2.42 bits per heavy atom. The summed E-state index contributed by atoms with van der Waals surface area (Å²) in [6.45, 7) is 5.20. The molecular formula is C18H25N3O5. The lowest BCUT2D eigenvalue weighted by atomic mass is 9.94. The molecule has 8 heteroatoms. The highest BCUT2D eigenvalue weighted by atomic mass is 16.5. The molecule has 3 heterocycles. The quantitative estimate of drug-likeness (QED) is 0.841. The van der Waals surface area contributed by atoms with E-state index in [1.807, 2.05) is 4.90 Å². The highest BCUT2D eigenvalue weighted by Crippen LogP contribution is 2.21. The fourth-order valence-electron chi connectivity index (χ4n) is 3.40. The Morgan fingerprint density at radius 1 is 1.12 bits per heavy atom. The van der Waals surface area contributed by atoms with Crippen molar-refractivity contribution >= 4 is 17.7 Å². The van der Waals surface area contributed by atoms with Gasteiger partial charge in [0.15, 0.2) is 5.76 Å². The highest BCUT2D eigenvalue weighted by molar-refractivity contribution is 5.95. The minimum Gasteiger partial charge on any atom is -0.459 e. The van der Waals surface area contributed by atoms with Crippen LogP contribution in [0.1, 0.15) is 30.3 Å². The second kappa shape index (κ2) is 8.35. The normalized spacial score (nSPS) is 19.9. The van der Waals surface area contributed by atoms with Gasteiger partial charge in [-0.3, -0.25) is 14.4 Å². The van der Waals surface area contributed by atoms with Gasteiger partial charge < -0.3 is 24.3 Å². The number of rotatable bonds is 4. The van der Waals surface area contributed by atoms with Gasteiger partial charge in [0.2, 0.25) is 11.8 Å². The molecule has 0 saturated carbocycles. The molecule has 3 amide bonds. The van der Waals surface area contributed by atoms with Crippen molar-refractivity contribution in [2.75, 3.05) is 39.4 Å². The summed E-state index contributed by atoms with van der Waals surface area (Å²) in [4.78, 5) is 40.7. The first kappa shape index (κ1) is 18.4. The minimum atomic E-state index is -0.640. The van der Waals surface area contributed by atoms with Crippen LogP contribution in [0, 0.1) is 5.92 Å². The summed E-state index contributed by atoms with van der Waals surface area (Å²) in [5.74, 6) is -0.236. The summed E-state index contributed by atoms with van der Waals surface area (Å²) in [5.41, 5.74) is 0. The summed E-state index contributed by atoms with van der Waals surface area (Å²) < 4.78 is 10.3. The summed E-state index contributed by atoms with van der Waals surface area (Å²) in [6, 6.07) is 2.53. The van der Waals surface area contributed by atoms with Crippen molar-refractivity contribution in [1.29, 1.82) is 0 Å². The molecule has 26 heavy (non-hydrogen) atoms. The van der Waals surface area contributed by atoms with Crippen molar-refractivity contribution in [2.24, 2.45) is 5.92 Å². The van der Waals surface area contributed by atoms with Crippen LogP contribution in [0.3, 0.4) is 0 Å². The van der Waals surface area contributed by atoms with E-state index in [1.165, 1.54) is 6.26 Å². The van der Waals surface area contributed by atoms with E-state index < -0.39 is 11.9 Å². The topological polar surface area (TPSA) is 92.1 Å². The molecule has 1 unspecified atom stereocenters. The van der Waals surface area contributed by atoms with Crippen LogP contribution in [0.25, 0.3) is 0 Å². The number of amides is 3. The van der Waals surface area contributed by atoms with Gasteiger partial charge in [-0.15, -0.1) is 0 Å². The first-order valence-electron chi connectivity index (χ1n) is 9.06. The lowest BCUT2D eigenvalue weighted by Gasteiger charge is -2.36. The third-order valence-electron chi connectivity index (χ3n) is 4.94. The van der Waals surface area contributed by atoms with Gasteiger partial charge in [-0.1, -0.05) is 0 Å². The molecule has 1 N–H and O–H groups in total. The van der Waals surface area contributed by atoms with Gasteiger partial charge in [0.1, 0.15) is 6.04 Å². The maximum atomic E-state index is 12.6. The summed E-state index contributed by atoms with van der Waals surface area (Å²) in [6.07, 6.45) is 2.72. The molecule has 1 aromatic heterocycles. The molecule has 0 spiro atoms. The predicted molar refractivity (Wildman–Crippen MR) is 92.3 cm³/mol. The van der Waals surface area contributed by atoms with Crippen molar-refractivity contribution in [1.82, 2.24) is 15.1 Å². The first-order valence-corrected chi connectivity index (χ1v) is 9.06. The van der Waals surface area contributed by atoms with Gasteiger partial charge in [-0.25, -0.2) is 0 Å². The Labute approximate surface area is 152 Å². The lowest BCUT2D eigenvalue weighted by Crippen LogP contribution is -2.51. The van der Waals surface area contributed by atoms with Gasteiger partial charge in [0, 0.05) is 32.1 Å². The van der Waals surface area contributed by atoms with E-state index in [2.05, 4.69) is 5.32 Å². The average molecular weight is 363 g/mol. The zero-order chi connectivity index (χ0) is 18.5. The first-order chi connectivity index (χ1) is 12.6. The van der Waals surface area contributed by atoms with E-state index in [0.29, 0.717) is 52.2 Å². The Hall–Kier alpha value is -2.35. The number of likely N-dealkylation sites (tertiary alicyclic amines) is 1. The van der Waals surface area contributed by atoms with Crippen molar-refractivity contribution in [2.45, 2.75) is 25.8 Å². The number of nitrogens with zero attached hydrogens (tertiary/aromatic N) is 2. The minimum absolute atomic E-state index is 0.0369. The fourth-order valence-corrected chi connectivity index (χ4v) is 3.40. The molecular weight excluding hydrogens is 338 g/mol. The Balaban J connectivity index is 1.46. The van der Waals surface area contributed by atoms with Crippen LogP contribution in [-0.4, -0.2) is 73.0 Å². The van der Waals surface area contributed by atoms with Crippen molar-refractivity contribution in [3.05, 3.63) is 24.2 Å². The Bertz CT molecular complexity index is 631. The molecule has 0 aromatic carbocycles. The van der Waals surface area contributed by atoms with Gasteiger partial charge in [0.25, 0.3) is 5.91 Å². The number of furan rings is 1. The second-order valence-corrected chi connectivity index (χ2v) is 6.71. The van der Waals surface area contributed by atoms with Crippen LogP contribution in [0.2, 0.25) is 0 Å². The number of nitrogens with one attached hydrogen (secondary N) is 1. The number of hydrogen-bond acceptors (Lipinski definition) is 5.